The number of hydrogen-bond donors (Lipinski definition) is 2. The summed E-state index contributed by atoms with van der Waals surface area (Å²) in [5.74, 6) is -0.629. The predicted octanol–water partition coefficient (Wildman–Crippen LogP) is 2.23. The molecule has 0 aliphatic heterocycles. The van der Waals surface area contributed by atoms with Crippen LogP contribution in [-0.2, 0) is 4.79 Å². The third kappa shape index (κ3) is 6.69. The van der Waals surface area contributed by atoms with Gasteiger partial charge in [0, 0.05) is 0 Å². The molecule has 1 rings (SSSR count). The Kier molecular flexibility index (Phi) is 7.90. The first-order valence-electron chi connectivity index (χ1n) is 7.05. The molecular weight excluding hydrogens is 345 g/mol. The average Bonchev–Trinajstić information content (AvgIpc) is 2.55. The highest BCUT2D eigenvalue weighted by atomic mass is 32.2. The van der Waals surface area contributed by atoms with Crippen LogP contribution in [0, 0.1) is 0 Å². The van der Waals surface area contributed by atoms with E-state index in [0.29, 0.717) is 11.5 Å². The van der Waals surface area contributed by atoms with Crippen LogP contribution in [0.25, 0.3) is 0 Å². The number of para-hydroxylation sites is 1. The predicted molar refractivity (Wildman–Crippen MR) is 86.3 cm³/mol. The van der Waals surface area contributed by atoms with Crippen molar-refractivity contribution in [3.05, 3.63) is 29.8 Å². The Morgan fingerprint density at radius 1 is 1.29 bits per heavy atom. The number of benzene rings is 1. The number of methoxy groups -OCH3 is 1. The molecule has 0 spiro atoms. The van der Waals surface area contributed by atoms with Crippen LogP contribution in [0.5, 0.6) is 5.75 Å². The molecule has 0 radical (unpaired) electrons. The molecule has 0 saturated heterocycles. The maximum Gasteiger partial charge on any atom is 0.405 e. The van der Waals surface area contributed by atoms with Gasteiger partial charge in [-0.1, -0.05) is 12.1 Å². The second kappa shape index (κ2) is 9.41. The van der Waals surface area contributed by atoms with Gasteiger partial charge < -0.3 is 15.4 Å². The number of halogens is 3. The summed E-state index contributed by atoms with van der Waals surface area (Å²) in [4.78, 5) is 24.3. The van der Waals surface area contributed by atoms with Crippen LogP contribution in [0.1, 0.15) is 16.8 Å². The van der Waals surface area contributed by atoms with Gasteiger partial charge in [0.15, 0.2) is 0 Å². The van der Waals surface area contributed by atoms with Crippen molar-refractivity contribution in [1.29, 1.82) is 0 Å². The van der Waals surface area contributed by atoms with E-state index in [-0.39, 0.29) is 12.0 Å². The molecular formula is C15H19F3N2O3S. The van der Waals surface area contributed by atoms with E-state index in [4.69, 9.17) is 4.74 Å². The number of alkyl halides is 3. The average molecular weight is 364 g/mol. The molecule has 0 bridgehead atoms. The van der Waals surface area contributed by atoms with Gasteiger partial charge in [-0.2, -0.15) is 24.9 Å². The van der Waals surface area contributed by atoms with Crippen LogP contribution in [-0.4, -0.2) is 49.7 Å². The Bertz CT molecular complexity index is 567. The zero-order valence-corrected chi connectivity index (χ0v) is 14.1. The van der Waals surface area contributed by atoms with Crippen molar-refractivity contribution in [3.8, 4) is 5.75 Å². The zero-order chi connectivity index (χ0) is 18.2. The molecule has 1 aromatic rings. The Morgan fingerprint density at radius 2 is 1.96 bits per heavy atom. The lowest BCUT2D eigenvalue weighted by molar-refractivity contribution is -0.139. The first-order valence-corrected chi connectivity index (χ1v) is 8.45. The number of nitrogens with one attached hydrogen (secondary N) is 2. The molecule has 1 aromatic carbocycles. The van der Waals surface area contributed by atoms with Crippen LogP contribution in [0.3, 0.4) is 0 Å². The van der Waals surface area contributed by atoms with Crippen molar-refractivity contribution in [2.75, 3.05) is 25.7 Å². The minimum atomic E-state index is -4.51. The van der Waals surface area contributed by atoms with Crippen molar-refractivity contribution < 1.29 is 27.5 Å². The van der Waals surface area contributed by atoms with Crippen molar-refractivity contribution in [2.24, 2.45) is 0 Å². The summed E-state index contributed by atoms with van der Waals surface area (Å²) in [7, 11) is 1.40. The maximum atomic E-state index is 12.3. The van der Waals surface area contributed by atoms with E-state index >= 15 is 0 Å². The first-order chi connectivity index (χ1) is 11.3. The number of amides is 2. The number of carbonyl (C=O) groups is 2. The Balaban J connectivity index is 2.81. The highest BCUT2D eigenvalue weighted by Gasteiger charge is 2.30. The molecule has 0 aromatic heterocycles. The lowest BCUT2D eigenvalue weighted by atomic mass is 10.1. The van der Waals surface area contributed by atoms with Crippen LogP contribution in [0.2, 0.25) is 0 Å². The highest BCUT2D eigenvalue weighted by molar-refractivity contribution is 7.98. The summed E-state index contributed by atoms with van der Waals surface area (Å²) in [6.07, 6.45) is -2.50. The van der Waals surface area contributed by atoms with Crippen LogP contribution in [0.4, 0.5) is 13.2 Å². The number of hydrogen-bond acceptors (Lipinski definition) is 4. The van der Waals surface area contributed by atoms with E-state index in [9.17, 15) is 22.8 Å². The number of thioether (sulfide) groups is 1. The van der Waals surface area contributed by atoms with E-state index in [1.165, 1.54) is 24.9 Å². The Labute approximate surface area is 142 Å². The number of rotatable bonds is 8. The van der Waals surface area contributed by atoms with Gasteiger partial charge in [0.25, 0.3) is 5.91 Å². The number of carbonyl (C=O) groups excluding carboxylic acids is 2. The van der Waals surface area contributed by atoms with Crippen molar-refractivity contribution >= 4 is 23.6 Å². The minimum absolute atomic E-state index is 0.206. The van der Waals surface area contributed by atoms with Gasteiger partial charge in [-0.05, 0) is 30.6 Å². The van der Waals surface area contributed by atoms with E-state index in [1.54, 1.807) is 29.8 Å². The second-order valence-corrected chi connectivity index (χ2v) is 5.83. The topological polar surface area (TPSA) is 67.4 Å². The molecule has 2 N–H and O–H groups in total. The molecule has 0 aliphatic carbocycles. The van der Waals surface area contributed by atoms with Gasteiger partial charge in [0.05, 0.1) is 12.7 Å². The Hall–Kier alpha value is -1.90. The van der Waals surface area contributed by atoms with Gasteiger partial charge in [-0.25, -0.2) is 0 Å². The monoisotopic (exact) mass is 364 g/mol. The summed E-state index contributed by atoms with van der Waals surface area (Å²) in [5.41, 5.74) is 0.206. The fraction of sp³-hybridized carbons (Fsp3) is 0.467. The van der Waals surface area contributed by atoms with Crippen molar-refractivity contribution in [2.45, 2.75) is 18.6 Å². The summed E-state index contributed by atoms with van der Waals surface area (Å²) in [6.45, 7) is -1.44. The molecule has 0 aliphatic rings. The smallest absolute Gasteiger partial charge is 0.405 e. The molecule has 0 fully saturated rings. The summed E-state index contributed by atoms with van der Waals surface area (Å²) in [6, 6.07) is 5.33. The summed E-state index contributed by atoms with van der Waals surface area (Å²) in [5, 5.41) is 4.27. The fourth-order valence-electron chi connectivity index (χ4n) is 1.88. The molecule has 24 heavy (non-hydrogen) atoms. The van der Waals surface area contributed by atoms with Crippen molar-refractivity contribution in [3.63, 3.8) is 0 Å². The zero-order valence-electron chi connectivity index (χ0n) is 13.3. The summed E-state index contributed by atoms with van der Waals surface area (Å²) < 4.78 is 41.8. The largest absolute Gasteiger partial charge is 0.496 e. The van der Waals surface area contributed by atoms with Crippen LogP contribution >= 0.6 is 11.8 Å². The molecule has 9 heteroatoms. The van der Waals surface area contributed by atoms with Crippen LogP contribution in [0.15, 0.2) is 24.3 Å². The summed E-state index contributed by atoms with van der Waals surface area (Å²) >= 11 is 1.42. The molecule has 134 valence electrons. The Morgan fingerprint density at radius 3 is 2.54 bits per heavy atom. The van der Waals surface area contributed by atoms with E-state index in [0.717, 1.165) is 0 Å². The lowest BCUT2D eigenvalue weighted by Crippen LogP contribution is -2.49. The fourth-order valence-corrected chi connectivity index (χ4v) is 2.35. The van der Waals surface area contributed by atoms with Gasteiger partial charge in [-0.3, -0.25) is 9.59 Å². The molecule has 1 atom stereocenters. The standard InChI is InChI=1S/C15H19F3N2O3S/c1-23-12-6-4-3-5-10(12)13(21)20-11(7-8-24-2)14(22)19-9-15(16,17)18/h3-6,11H,7-9H2,1-2H3,(H,19,22)(H,20,21). The highest BCUT2D eigenvalue weighted by Crippen LogP contribution is 2.17. The SMILES string of the molecule is COc1ccccc1C(=O)NC(CCSC)C(=O)NCC(F)(F)F. The minimum Gasteiger partial charge on any atom is -0.496 e. The molecule has 0 saturated carbocycles. The van der Waals surface area contributed by atoms with E-state index < -0.39 is 30.6 Å². The molecule has 2 amide bonds. The third-order valence-electron chi connectivity index (χ3n) is 3.05. The second-order valence-electron chi connectivity index (χ2n) is 4.84. The third-order valence-corrected chi connectivity index (χ3v) is 3.69. The number of ether oxygens (including phenoxy) is 1. The molecule has 5 nitrogen and oxygen atoms in total. The normalized spacial score (nSPS) is 12.4. The van der Waals surface area contributed by atoms with Gasteiger partial charge in [0.1, 0.15) is 18.3 Å². The van der Waals surface area contributed by atoms with Gasteiger partial charge in [0.2, 0.25) is 5.91 Å². The van der Waals surface area contributed by atoms with Gasteiger partial charge in [-0.15, -0.1) is 0 Å². The van der Waals surface area contributed by atoms with E-state index in [2.05, 4.69) is 5.32 Å². The van der Waals surface area contributed by atoms with Gasteiger partial charge >= 0.3 is 6.18 Å². The van der Waals surface area contributed by atoms with Crippen molar-refractivity contribution in [1.82, 2.24) is 10.6 Å². The maximum absolute atomic E-state index is 12.3. The molecule has 0 heterocycles. The van der Waals surface area contributed by atoms with E-state index in [1.807, 2.05) is 0 Å². The quantitative estimate of drug-likeness (QED) is 0.742. The van der Waals surface area contributed by atoms with Crippen LogP contribution < -0.4 is 15.4 Å². The lowest BCUT2D eigenvalue weighted by Gasteiger charge is -2.19. The first kappa shape index (κ1) is 20.1. The molecule has 1 unspecified atom stereocenters.